The zero-order valence-electron chi connectivity index (χ0n) is 8.79. The van der Waals surface area contributed by atoms with E-state index in [0.29, 0.717) is 5.56 Å². The maximum atomic E-state index is 10.6. The lowest BCUT2D eigenvalue weighted by Crippen LogP contribution is -1.99. The molecule has 4 nitrogen and oxygen atoms in total. The molecule has 1 N–H and O–H groups in total. The van der Waals surface area contributed by atoms with Gasteiger partial charge in [-0.25, -0.2) is 9.78 Å². The van der Waals surface area contributed by atoms with Crippen LogP contribution in [-0.2, 0) is 0 Å². The highest BCUT2D eigenvalue weighted by Gasteiger charge is 2.01. The fourth-order valence-electron chi connectivity index (χ4n) is 1.17. The Morgan fingerprint density at radius 1 is 1.06 bits per heavy atom. The fourth-order valence-corrected chi connectivity index (χ4v) is 1.17. The van der Waals surface area contributed by atoms with Crippen molar-refractivity contribution in [3.8, 4) is 11.8 Å². The molecule has 2 heterocycles. The molecule has 0 aliphatic heterocycles. The number of hydrogen-bond donors (Lipinski definition) is 1. The summed E-state index contributed by atoms with van der Waals surface area (Å²) in [5.74, 6) is 4.78. The summed E-state index contributed by atoms with van der Waals surface area (Å²) in [6.07, 6.45) is 4.77. The van der Waals surface area contributed by atoms with Gasteiger partial charge in [0.25, 0.3) is 0 Å². The Kier molecular flexibility index (Phi) is 3.13. The smallest absolute Gasteiger partial charge is 0.354 e. The van der Waals surface area contributed by atoms with E-state index in [4.69, 9.17) is 5.11 Å². The Labute approximate surface area is 98.0 Å². The van der Waals surface area contributed by atoms with Crippen molar-refractivity contribution in [1.29, 1.82) is 0 Å². The lowest BCUT2D eigenvalue weighted by Gasteiger charge is -1.92. The van der Waals surface area contributed by atoms with Crippen LogP contribution in [0.1, 0.15) is 21.6 Å². The second-order valence-corrected chi connectivity index (χ2v) is 3.22. The van der Waals surface area contributed by atoms with E-state index in [1.54, 1.807) is 30.6 Å². The van der Waals surface area contributed by atoms with Crippen LogP contribution >= 0.6 is 0 Å². The molecule has 82 valence electrons. The number of carbonyl (C=O) groups is 1. The van der Waals surface area contributed by atoms with Crippen LogP contribution < -0.4 is 0 Å². The Morgan fingerprint density at radius 2 is 1.76 bits per heavy atom. The summed E-state index contributed by atoms with van der Waals surface area (Å²) in [6.45, 7) is 0. The Balaban J connectivity index is 2.20. The van der Waals surface area contributed by atoms with E-state index >= 15 is 0 Å². The number of aromatic carboxylic acids is 1. The molecule has 0 radical (unpaired) electrons. The number of hydrogen-bond acceptors (Lipinski definition) is 3. The van der Waals surface area contributed by atoms with Crippen LogP contribution in [0.2, 0.25) is 0 Å². The van der Waals surface area contributed by atoms with Crippen LogP contribution in [0.15, 0.2) is 42.9 Å². The summed E-state index contributed by atoms with van der Waals surface area (Å²) in [4.78, 5) is 18.2. The first-order valence-electron chi connectivity index (χ1n) is 4.87. The van der Waals surface area contributed by atoms with Crippen molar-refractivity contribution in [3.05, 3.63) is 59.7 Å². The SMILES string of the molecule is O=C(O)c1ccc(C#Cc2ccncc2)cn1. The molecule has 4 heteroatoms. The number of carboxylic acids is 1. The van der Waals surface area contributed by atoms with Gasteiger partial charge in [0.15, 0.2) is 0 Å². The van der Waals surface area contributed by atoms with Gasteiger partial charge in [-0.15, -0.1) is 0 Å². The highest BCUT2D eigenvalue weighted by Crippen LogP contribution is 2.00. The first kappa shape index (κ1) is 10.8. The first-order valence-corrected chi connectivity index (χ1v) is 4.87. The molecule has 0 aliphatic carbocycles. The summed E-state index contributed by atoms with van der Waals surface area (Å²) < 4.78 is 0. The van der Waals surface area contributed by atoms with E-state index in [0.717, 1.165) is 5.56 Å². The van der Waals surface area contributed by atoms with Gasteiger partial charge >= 0.3 is 5.97 Å². The highest BCUT2D eigenvalue weighted by atomic mass is 16.4. The topological polar surface area (TPSA) is 63.1 Å². The predicted molar refractivity (Wildman–Crippen MR) is 61.4 cm³/mol. The molecule has 0 fully saturated rings. The summed E-state index contributed by atoms with van der Waals surface area (Å²) in [5.41, 5.74) is 1.54. The standard InChI is InChI=1S/C13H8N2O2/c16-13(17)12-4-3-11(9-15-12)2-1-10-5-7-14-8-6-10/h3-9H,(H,16,17). The van der Waals surface area contributed by atoms with Crippen LogP contribution in [0.4, 0.5) is 0 Å². The van der Waals surface area contributed by atoms with Crippen molar-refractivity contribution >= 4 is 5.97 Å². The third-order valence-corrected chi connectivity index (χ3v) is 2.01. The van der Waals surface area contributed by atoms with Gasteiger partial charge in [0, 0.05) is 29.7 Å². The van der Waals surface area contributed by atoms with Crippen LogP contribution in [0.25, 0.3) is 0 Å². The lowest BCUT2D eigenvalue weighted by molar-refractivity contribution is 0.0690. The second kappa shape index (κ2) is 4.90. The molecule has 0 aliphatic rings. The quantitative estimate of drug-likeness (QED) is 0.747. The number of pyridine rings is 2. The highest BCUT2D eigenvalue weighted by molar-refractivity contribution is 5.85. The van der Waals surface area contributed by atoms with E-state index in [-0.39, 0.29) is 5.69 Å². The average Bonchev–Trinajstić information content (AvgIpc) is 2.38. The zero-order chi connectivity index (χ0) is 12.1. The molecule has 0 bridgehead atoms. The normalized spacial score (nSPS) is 9.18. The van der Waals surface area contributed by atoms with E-state index in [9.17, 15) is 4.79 Å². The molecule has 17 heavy (non-hydrogen) atoms. The molecule has 0 atom stereocenters. The average molecular weight is 224 g/mol. The van der Waals surface area contributed by atoms with Crippen LogP contribution in [0.5, 0.6) is 0 Å². The van der Waals surface area contributed by atoms with Crippen LogP contribution in [0.3, 0.4) is 0 Å². The maximum Gasteiger partial charge on any atom is 0.354 e. The van der Waals surface area contributed by atoms with Crippen molar-refractivity contribution in [2.45, 2.75) is 0 Å². The summed E-state index contributed by atoms with van der Waals surface area (Å²) >= 11 is 0. The van der Waals surface area contributed by atoms with Crippen molar-refractivity contribution in [2.75, 3.05) is 0 Å². The largest absolute Gasteiger partial charge is 0.477 e. The van der Waals surface area contributed by atoms with Gasteiger partial charge in [0.1, 0.15) is 5.69 Å². The summed E-state index contributed by atoms with van der Waals surface area (Å²) in [7, 11) is 0. The van der Waals surface area contributed by atoms with Crippen LogP contribution in [0, 0.1) is 11.8 Å². The number of aromatic nitrogens is 2. The van der Waals surface area contributed by atoms with E-state index in [1.807, 2.05) is 0 Å². The molecule has 0 saturated carbocycles. The minimum Gasteiger partial charge on any atom is -0.477 e. The minimum atomic E-state index is -1.04. The van der Waals surface area contributed by atoms with Crippen molar-refractivity contribution in [3.63, 3.8) is 0 Å². The molecule has 0 unspecified atom stereocenters. The maximum absolute atomic E-state index is 10.6. The van der Waals surface area contributed by atoms with Gasteiger partial charge in [-0.2, -0.15) is 0 Å². The molecule has 2 rings (SSSR count). The fraction of sp³-hybridized carbons (Fsp3) is 0. The summed E-state index contributed by atoms with van der Waals surface area (Å²) in [6, 6.07) is 6.65. The zero-order valence-corrected chi connectivity index (χ0v) is 8.79. The molecule has 2 aromatic rings. The van der Waals surface area contributed by atoms with Crippen molar-refractivity contribution in [1.82, 2.24) is 9.97 Å². The Bertz CT molecular complexity index is 580. The number of rotatable bonds is 1. The van der Waals surface area contributed by atoms with Gasteiger partial charge in [-0.1, -0.05) is 11.8 Å². The van der Waals surface area contributed by atoms with Gasteiger partial charge < -0.3 is 5.11 Å². The molecule has 0 aromatic carbocycles. The number of nitrogens with zero attached hydrogens (tertiary/aromatic N) is 2. The van der Waals surface area contributed by atoms with E-state index in [1.165, 1.54) is 12.3 Å². The van der Waals surface area contributed by atoms with Crippen LogP contribution in [-0.4, -0.2) is 21.0 Å². The molecular formula is C13H8N2O2. The summed E-state index contributed by atoms with van der Waals surface area (Å²) in [5, 5.41) is 8.68. The van der Waals surface area contributed by atoms with E-state index in [2.05, 4.69) is 21.8 Å². The molecule has 0 spiro atoms. The van der Waals surface area contributed by atoms with Gasteiger partial charge in [0.2, 0.25) is 0 Å². The molecular weight excluding hydrogens is 216 g/mol. The number of carboxylic acid groups (broad SMARTS) is 1. The predicted octanol–water partition coefficient (Wildman–Crippen LogP) is 1.57. The first-order chi connectivity index (χ1) is 8.25. The molecule has 2 aromatic heterocycles. The Hall–Kier alpha value is -2.67. The Morgan fingerprint density at radius 3 is 2.35 bits per heavy atom. The third-order valence-electron chi connectivity index (χ3n) is 2.01. The molecule has 0 amide bonds. The lowest BCUT2D eigenvalue weighted by atomic mass is 10.2. The van der Waals surface area contributed by atoms with Crippen molar-refractivity contribution < 1.29 is 9.90 Å². The third kappa shape index (κ3) is 2.89. The van der Waals surface area contributed by atoms with Gasteiger partial charge in [-0.3, -0.25) is 4.98 Å². The van der Waals surface area contributed by atoms with Gasteiger partial charge in [0.05, 0.1) is 0 Å². The monoisotopic (exact) mass is 224 g/mol. The molecule has 0 saturated heterocycles. The minimum absolute atomic E-state index is 0.0134. The van der Waals surface area contributed by atoms with E-state index < -0.39 is 5.97 Å². The second-order valence-electron chi connectivity index (χ2n) is 3.22. The van der Waals surface area contributed by atoms with Gasteiger partial charge in [-0.05, 0) is 24.3 Å². The van der Waals surface area contributed by atoms with Crippen molar-refractivity contribution in [2.24, 2.45) is 0 Å².